The molecule has 2 aliphatic rings. The molecule has 2 heterocycles. The van der Waals surface area contributed by atoms with Gasteiger partial charge in [-0.05, 0) is 12.8 Å². The molecule has 18 heavy (non-hydrogen) atoms. The van der Waals surface area contributed by atoms with Crippen LogP contribution in [0.3, 0.4) is 0 Å². The van der Waals surface area contributed by atoms with Gasteiger partial charge in [-0.1, -0.05) is 0 Å². The minimum absolute atomic E-state index is 0.585. The Kier molecular flexibility index (Phi) is 4.08. The van der Waals surface area contributed by atoms with E-state index in [1.165, 1.54) is 23.5 Å². The van der Waals surface area contributed by atoms with Crippen LogP contribution in [0.5, 0.6) is 0 Å². The second kappa shape index (κ2) is 5.77. The van der Waals surface area contributed by atoms with Gasteiger partial charge in [0.25, 0.3) is 0 Å². The largest absolute Gasteiger partial charge is 0.308 e. The molecule has 0 bridgehead atoms. The van der Waals surface area contributed by atoms with E-state index in [0.717, 1.165) is 43.7 Å². The fraction of sp³-hybridized carbons (Fsp3) is 0.750. The first-order valence-corrected chi connectivity index (χ1v) is 8.90. The first-order chi connectivity index (χ1) is 8.79. The van der Waals surface area contributed by atoms with E-state index < -0.39 is 10.8 Å². The van der Waals surface area contributed by atoms with Crippen LogP contribution in [0.1, 0.15) is 23.5 Å². The number of rotatable bonds is 5. The number of nitrogens with zero attached hydrogens (tertiary/aromatic N) is 2. The Labute approximate surface area is 114 Å². The fourth-order valence-electron chi connectivity index (χ4n) is 2.08. The average Bonchev–Trinajstić information content (AvgIpc) is 3.10. The molecule has 1 saturated heterocycles. The highest BCUT2D eigenvalue weighted by Gasteiger charge is 2.21. The zero-order chi connectivity index (χ0) is 12.4. The van der Waals surface area contributed by atoms with Crippen molar-refractivity contribution in [1.29, 1.82) is 0 Å². The summed E-state index contributed by atoms with van der Waals surface area (Å²) in [4.78, 5) is 7.02. The van der Waals surface area contributed by atoms with Crippen molar-refractivity contribution in [3.63, 3.8) is 0 Å². The predicted octanol–water partition coefficient (Wildman–Crippen LogP) is 0.959. The van der Waals surface area contributed by atoms with Crippen LogP contribution >= 0.6 is 11.3 Å². The Morgan fingerprint density at radius 3 is 2.94 bits per heavy atom. The lowest BCUT2D eigenvalue weighted by molar-refractivity contribution is 0.288. The Hall–Kier alpha value is -0.300. The number of hydrogen-bond acceptors (Lipinski definition) is 5. The summed E-state index contributed by atoms with van der Waals surface area (Å²) in [5.74, 6) is 1.64. The van der Waals surface area contributed by atoms with Crippen molar-refractivity contribution in [1.82, 2.24) is 15.2 Å². The molecule has 1 saturated carbocycles. The molecule has 3 rings (SSSR count). The van der Waals surface area contributed by atoms with E-state index in [0.29, 0.717) is 0 Å². The third-order valence-corrected chi connectivity index (χ3v) is 5.55. The van der Waals surface area contributed by atoms with Gasteiger partial charge in [-0.2, -0.15) is 0 Å². The minimum Gasteiger partial charge on any atom is -0.308 e. The molecule has 2 fully saturated rings. The summed E-state index contributed by atoms with van der Waals surface area (Å²) < 4.78 is 11.3. The molecule has 1 N–H and O–H groups in total. The summed E-state index contributed by atoms with van der Waals surface area (Å²) in [7, 11) is -0.585. The minimum atomic E-state index is -0.585. The quantitative estimate of drug-likeness (QED) is 0.875. The van der Waals surface area contributed by atoms with Gasteiger partial charge in [-0.3, -0.25) is 9.11 Å². The van der Waals surface area contributed by atoms with E-state index in [4.69, 9.17) is 0 Å². The number of aromatic nitrogens is 1. The normalized spacial score (nSPS) is 22.4. The highest BCUT2D eigenvalue weighted by Crippen LogP contribution is 2.20. The van der Waals surface area contributed by atoms with Crippen LogP contribution in [-0.2, 0) is 23.9 Å². The summed E-state index contributed by atoms with van der Waals surface area (Å²) >= 11 is 1.75. The lowest BCUT2D eigenvalue weighted by Gasteiger charge is -2.25. The van der Waals surface area contributed by atoms with Gasteiger partial charge in [0.1, 0.15) is 5.01 Å². The van der Waals surface area contributed by atoms with Crippen molar-refractivity contribution in [2.75, 3.05) is 24.6 Å². The maximum atomic E-state index is 11.3. The van der Waals surface area contributed by atoms with Gasteiger partial charge in [0.15, 0.2) is 0 Å². The molecule has 0 atom stereocenters. The van der Waals surface area contributed by atoms with Crippen molar-refractivity contribution in [3.05, 3.63) is 16.1 Å². The van der Waals surface area contributed by atoms with E-state index in [1.807, 2.05) is 0 Å². The van der Waals surface area contributed by atoms with Crippen molar-refractivity contribution in [3.8, 4) is 0 Å². The zero-order valence-corrected chi connectivity index (χ0v) is 12.1. The molecule has 0 amide bonds. The van der Waals surface area contributed by atoms with E-state index >= 15 is 0 Å². The van der Waals surface area contributed by atoms with Crippen molar-refractivity contribution >= 4 is 22.1 Å². The van der Waals surface area contributed by atoms with Gasteiger partial charge >= 0.3 is 0 Å². The molecule has 1 aromatic rings. The van der Waals surface area contributed by atoms with Crippen molar-refractivity contribution in [2.45, 2.75) is 32.0 Å². The summed E-state index contributed by atoms with van der Waals surface area (Å²) in [6.45, 7) is 3.72. The van der Waals surface area contributed by atoms with E-state index in [2.05, 4.69) is 20.6 Å². The van der Waals surface area contributed by atoms with Gasteiger partial charge in [0.05, 0.1) is 5.69 Å². The Balaban J connectivity index is 1.48. The topological polar surface area (TPSA) is 45.2 Å². The smallest absolute Gasteiger partial charge is 0.107 e. The molecule has 100 valence electrons. The van der Waals surface area contributed by atoms with Crippen molar-refractivity contribution < 1.29 is 4.21 Å². The summed E-state index contributed by atoms with van der Waals surface area (Å²) in [6.07, 6.45) is 2.65. The fourth-order valence-corrected chi connectivity index (χ4v) is 3.95. The van der Waals surface area contributed by atoms with Gasteiger partial charge in [0.2, 0.25) is 0 Å². The zero-order valence-electron chi connectivity index (χ0n) is 10.4. The predicted molar refractivity (Wildman–Crippen MR) is 75.1 cm³/mol. The lowest BCUT2D eigenvalue weighted by Crippen LogP contribution is -2.37. The number of thiazole rings is 1. The molecule has 1 aromatic heterocycles. The first-order valence-electron chi connectivity index (χ1n) is 6.53. The second-order valence-corrected chi connectivity index (χ2v) is 7.65. The SMILES string of the molecule is O=S1CCN(Cc2csc(CNC3CC3)n2)CC1. The van der Waals surface area contributed by atoms with Gasteiger partial charge in [-0.15, -0.1) is 11.3 Å². The van der Waals surface area contributed by atoms with E-state index in [-0.39, 0.29) is 0 Å². The Morgan fingerprint density at radius 2 is 2.22 bits per heavy atom. The highest BCUT2D eigenvalue weighted by molar-refractivity contribution is 7.85. The number of nitrogens with one attached hydrogen (secondary N) is 1. The van der Waals surface area contributed by atoms with Crippen LogP contribution in [0, 0.1) is 0 Å². The first kappa shape index (κ1) is 12.7. The third-order valence-electron chi connectivity index (χ3n) is 3.37. The van der Waals surface area contributed by atoms with Crippen LogP contribution in [-0.4, -0.2) is 44.7 Å². The van der Waals surface area contributed by atoms with Gasteiger partial charge in [-0.25, -0.2) is 4.98 Å². The third kappa shape index (κ3) is 3.60. The second-order valence-electron chi connectivity index (χ2n) is 5.01. The molecule has 1 aliphatic carbocycles. The van der Waals surface area contributed by atoms with Crippen LogP contribution in [0.4, 0.5) is 0 Å². The Morgan fingerprint density at radius 1 is 1.44 bits per heavy atom. The molecular weight excluding hydrogens is 266 g/mol. The van der Waals surface area contributed by atoms with Crippen LogP contribution < -0.4 is 5.32 Å². The molecular formula is C12H19N3OS2. The van der Waals surface area contributed by atoms with E-state index in [9.17, 15) is 4.21 Å². The number of hydrogen-bond donors (Lipinski definition) is 1. The summed E-state index contributed by atoms with van der Waals surface area (Å²) in [5.41, 5.74) is 1.17. The maximum Gasteiger partial charge on any atom is 0.107 e. The molecule has 1 aliphatic heterocycles. The van der Waals surface area contributed by atoms with Gasteiger partial charge < -0.3 is 5.32 Å². The monoisotopic (exact) mass is 285 g/mol. The summed E-state index contributed by atoms with van der Waals surface area (Å²) in [6, 6.07) is 0.745. The molecule has 0 unspecified atom stereocenters. The molecule has 6 heteroatoms. The van der Waals surface area contributed by atoms with Crippen LogP contribution in [0.25, 0.3) is 0 Å². The van der Waals surface area contributed by atoms with Crippen LogP contribution in [0.15, 0.2) is 5.38 Å². The molecule has 0 aromatic carbocycles. The molecule has 4 nitrogen and oxygen atoms in total. The average molecular weight is 285 g/mol. The lowest BCUT2D eigenvalue weighted by atomic mass is 10.4. The standard InChI is InChI=1S/C12H19N3OS2/c16-18-5-3-15(4-6-18)8-11-9-17-12(14-11)7-13-10-1-2-10/h9-10,13H,1-8H2. The highest BCUT2D eigenvalue weighted by atomic mass is 32.2. The van der Waals surface area contributed by atoms with Gasteiger partial charge in [0, 0.05) is 59.9 Å². The van der Waals surface area contributed by atoms with Crippen molar-refractivity contribution in [2.24, 2.45) is 0 Å². The van der Waals surface area contributed by atoms with E-state index in [1.54, 1.807) is 11.3 Å². The van der Waals surface area contributed by atoms with Crippen LogP contribution in [0.2, 0.25) is 0 Å². The molecule has 0 radical (unpaired) electrons. The molecule has 0 spiro atoms. The Bertz CT molecular complexity index is 421. The maximum absolute atomic E-state index is 11.3. The summed E-state index contributed by atoms with van der Waals surface area (Å²) in [5, 5.41) is 6.84.